The van der Waals surface area contributed by atoms with Crippen molar-refractivity contribution < 1.29 is 41.9 Å². The van der Waals surface area contributed by atoms with Crippen molar-refractivity contribution in [1.82, 2.24) is 10.4 Å². The van der Waals surface area contributed by atoms with Gasteiger partial charge < -0.3 is 19.7 Å². The fraction of sp³-hybridized carbons (Fsp3) is 0.424. The van der Waals surface area contributed by atoms with Crippen LogP contribution in [0.1, 0.15) is 37.5 Å². The fourth-order valence-electron chi connectivity index (χ4n) is 4.12. The number of carbonyl (C=O) groups excluding carboxylic acids is 1. The third-order valence-electron chi connectivity index (χ3n) is 6.80. The number of phosphoric ester groups is 1. The van der Waals surface area contributed by atoms with Crippen molar-refractivity contribution in [2.45, 2.75) is 46.7 Å². The Morgan fingerprint density at radius 2 is 1.26 bits per heavy atom. The maximum absolute atomic E-state index is 13.6. The van der Waals surface area contributed by atoms with Crippen molar-refractivity contribution in [1.29, 1.82) is 0 Å². The molecule has 1 amide bonds. The summed E-state index contributed by atoms with van der Waals surface area (Å²) in [5, 5.41) is 16.4. The summed E-state index contributed by atoms with van der Waals surface area (Å²) in [6, 6.07) is 28.0. The van der Waals surface area contributed by atoms with Gasteiger partial charge in [0.25, 0.3) is 7.52 Å². The summed E-state index contributed by atoms with van der Waals surface area (Å²) in [6.45, 7) is 5.81. The normalized spacial score (nSPS) is 14.0. The van der Waals surface area contributed by atoms with E-state index in [1.165, 1.54) is 0 Å². The molecule has 13 heteroatoms. The average molecular weight is 677 g/mol. The topological polar surface area (TPSA) is 142 Å². The maximum Gasteiger partial charge on any atom is 0.475 e. The molecule has 2 atom stereocenters. The van der Waals surface area contributed by atoms with Gasteiger partial charge in [-0.05, 0) is 23.6 Å². The van der Waals surface area contributed by atoms with E-state index < -0.39 is 32.8 Å². The molecule has 11 nitrogen and oxygen atoms in total. The van der Waals surface area contributed by atoms with Gasteiger partial charge in [0.1, 0.15) is 6.10 Å². The Morgan fingerprint density at radius 3 is 1.76 bits per heavy atom. The van der Waals surface area contributed by atoms with E-state index in [0.717, 1.165) is 16.7 Å². The number of ether oxygens (including phenoxy) is 1. The maximum atomic E-state index is 13.6. The Bertz CT molecular complexity index is 1350. The highest BCUT2D eigenvalue weighted by atomic mass is 31.2. The van der Waals surface area contributed by atoms with Gasteiger partial charge in [0.05, 0.1) is 45.8 Å². The van der Waals surface area contributed by atoms with Crippen LogP contribution < -0.4 is 10.4 Å². The highest BCUT2D eigenvalue weighted by Crippen LogP contribution is 2.52. The lowest BCUT2D eigenvalue weighted by atomic mass is 9.87. The van der Waals surface area contributed by atoms with Crippen molar-refractivity contribution in [2.75, 3.05) is 39.1 Å². The first-order valence-electron chi connectivity index (χ1n) is 15.2. The van der Waals surface area contributed by atoms with Crippen LogP contribution in [0.5, 0.6) is 0 Å². The number of phosphoric acid groups is 1. The van der Waals surface area contributed by atoms with Crippen molar-refractivity contribution in [3.05, 3.63) is 108 Å². The van der Waals surface area contributed by atoms with E-state index in [-0.39, 0.29) is 39.1 Å². The molecule has 0 fully saturated rings. The Hall–Kier alpha value is -2.69. The molecule has 0 heterocycles. The first-order valence-corrected chi connectivity index (χ1v) is 18.5. The Balaban J connectivity index is 1.49. The molecule has 3 aromatic carbocycles. The molecule has 0 aliphatic carbocycles. The molecule has 0 spiro atoms. The number of rotatable bonds is 22. The monoisotopic (exact) mass is 676 g/mol. The smallest absolute Gasteiger partial charge is 0.383 e. The standard InChI is InChI=1S/C33H46N2O9P2/c1-4-41-45(38,35-20-22-40-24-28-14-8-5-9-15-28)23-21-34-32(37)31(36)33(2,3)27-44-46(39,42-25-29-16-10-6-11-17-29)43-26-30-18-12-7-13-19-30/h5-19,31,36H,4,20-27H2,1-3H3,(H,34,37)(H,35,38)/t31-,45?/m0/s1. The van der Waals surface area contributed by atoms with Gasteiger partial charge in [-0.1, -0.05) is 105 Å². The molecule has 0 radical (unpaired) electrons. The SMILES string of the molecule is CCOP(=O)(CCNC(=O)[C@H](O)C(C)(C)COP(=O)(OCc1ccccc1)OCc1ccccc1)NCCOCc1ccccc1. The summed E-state index contributed by atoms with van der Waals surface area (Å²) in [4.78, 5) is 12.9. The third kappa shape index (κ3) is 13.6. The first kappa shape index (κ1) is 37.8. The zero-order valence-electron chi connectivity index (χ0n) is 26.7. The minimum atomic E-state index is -4.12. The minimum absolute atomic E-state index is 0.00473. The molecule has 0 aromatic heterocycles. The van der Waals surface area contributed by atoms with Crippen molar-refractivity contribution in [3.63, 3.8) is 0 Å². The average Bonchev–Trinajstić information content (AvgIpc) is 3.07. The van der Waals surface area contributed by atoms with Crippen LogP contribution in [0.15, 0.2) is 91.0 Å². The zero-order valence-corrected chi connectivity index (χ0v) is 28.5. The van der Waals surface area contributed by atoms with Crippen LogP contribution in [0.4, 0.5) is 0 Å². The predicted molar refractivity (Wildman–Crippen MR) is 177 cm³/mol. The lowest BCUT2D eigenvalue weighted by molar-refractivity contribution is -0.136. The van der Waals surface area contributed by atoms with Crippen LogP contribution >= 0.6 is 15.3 Å². The lowest BCUT2D eigenvalue weighted by Crippen LogP contribution is -2.46. The van der Waals surface area contributed by atoms with Crippen LogP contribution in [0.25, 0.3) is 0 Å². The zero-order chi connectivity index (χ0) is 33.3. The second-order valence-electron chi connectivity index (χ2n) is 11.2. The van der Waals surface area contributed by atoms with Crippen LogP contribution in [0.2, 0.25) is 0 Å². The Kier molecular flexibility index (Phi) is 15.8. The first-order chi connectivity index (χ1) is 22.0. The summed E-state index contributed by atoms with van der Waals surface area (Å²) in [7, 11) is -7.40. The van der Waals surface area contributed by atoms with Gasteiger partial charge in [-0.3, -0.25) is 22.9 Å². The highest BCUT2D eigenvalue weighted by Gasteiger charge is 2.38. The van der Waals surface area contributed by atoms with Crippen LogP contribution in [0, 0.1) is 5.41 Å². The van der Waals surface area contributed by atoms with E-state index in [2.05, 4.69) is 10.4 Å². The molecular formula is C33H46N2O9P2. The number of benzene rings is 3. The summed E-state index contributed by atoms with van der Waals surface area (Å²) in [5.74, 6) is -0.701. The summed E-state index contributed by atoms with van der Waals surface area (Å²) in [6.07, 6.45) is -1.54. The van der Waals surface area contributed by atoms with E-state index >= 15 is 0 Å². The van der Waals surface area contributed by atoms with Crippen LogP contribution in [-0.4, -0.2) is 56.2 Å². The number of hydrogen-bond donors (Lipinski definition) is 3. The van der Waals surface area contributed by atoms with Crippen molar-refractivity contribution in [3.8, 4) is 0 Å². The van der Waals surface area contributed by atoms with E-state index in [9.17, 15) is 19.0 Å². The van der Waals surface area contributed by atoms with Gasteiger partial charge in [-0.25, -0.2) is 9.65 Å². The van der Waals surface area contributed by atoms with Gasteiger partial charge in [0.15, 0.2) is 0 Å². The second kappa shape index (κ2) is 19.2. The van der Waals surface area contributed by atoms with Crippen LogP contribution in [-0.2, 0) is 56.6 Å². The van der Waals surface area contributed by atoms with Gasteiger partial charge in [-0.15, -0.1) is 0 Å². The number of hydrogen-bond acceptors (Lipinski definition) is 9. The highest BCUT2D eigenvalue weighted by molar-refractivity contribution is 7.56. The van der Waals surface area contributed by atoms with Gasteiger partial charge >= 0.3 is 7.82 Å². The molecule has 0 saturated heterocycles. The summed E-state index contributed by atoms with van der Waals surface area (Å²) >= 11 is 0. The van der Waals surface area contributed by atoms with Gasteiger partial charge in [-0.2, -0.15) is 0 Å². The predicted octanol–water partition coefficient (Wildman–Crippen LogP) is 6.08. The number of amides is 1. The summed E-state index contributed by atoms with van der Waals surface area (Å²) < 4.78 is 55.0. The number of carbonyl (C=O) groups is 1. The van der Waals surface area contributed by atoms with Crippen molar-refractivity contribution >= 4 is 21.2 Å². The Labute approximate surface area is 272 Å². The molecule has 46 heavy (non-hydrogen) atoms. The molecule has 3 N–H and O–H groups in total. The molecule has 3 rings (SSSR count). The number of nitrogens with one attached hydrogen (secondary N) is 2. The lowest BCUT2D eigenvalue weighted by Gasteiger charge is -2.30. The molecule has 1 unspecified atom stereocenters. The minimum Gasteiger partial charge on any atom is -0.383 e. The van der Waals surface area contributed by atoms with Crippen molar-refractivity contribution in [2.24, 2.45) is 5.41 Å². The van der Waals surface area contributed by atoms with E-state index in [4.69, 9.17) is 22.8 Å². The third-order valence-corrected chi connectivity index (χ3v) is 10.3. The molecule has 0 aliphatic heterocycles. The molecule has 3 aromatic rings. The van der Waals surface area contributed by atoms with Gasteiger partial charge in [0.2, 0.25) is 5.91 Å². The van der Waals surface area contributed by atoms with E-state index in [0.29, 0.717) is 19.8 Å². The quantitative estimate of drug-likeness (QED) is 0.0847. The Morgan fingerprint density at radius 1 is 0.761 bits per heavy atom. The van der Waals surface area contributed by atoms with Crippen LogP contribution in [0.3, 0.4) is 0 Å². The molecule has 0 saturated carbocycles. The molecule has 252 valence electrons. The summed E-state index contributed by atoms with van der Waals surface area (Å²) in [5.41, 5.74) is 1.38. The van der Waals surface area contributed by atoms with Gasteiger partial charge in [0, 0.05) is 18.5 Å². The molecular weight excluding hydrogens is 630 g/mol. The van der Waals surface area contributed by atoms with E-state index in [1.807, 2.05) is 91.0 Å². The van der Waals surface area contributed by atoms with E-state index in [1.54, 1.807) is 20.8 Å². The second-order valence-corrected chi connectivity index (χ2v) is 15.2. The largest absolute Gasteiger partial charge is 0.475 e. The molecule has 0 bridgehead atoms. The number of aliphatic hydroxyl groups excluding tert-OH is 1. The molecule has 0 aliphatic rings. The number of aliphatic hydroxyl groups is 1. The fourth-order valence-corrected chi connectivity index (χ4v) is 7.08.